The average Bonchev–Trinajstić information content (AvgIpc) is 3.34. The topological polar surface area (TPSA) is 58.1 Å². The van der Waals surface area contributed by atoms with E-state index in [9.17, 15) is 0 Å². The highest BCUT2D eigenvalue weighted by Crippen LogP contribution is 2.33. The number of aliphatic imine (C=N–C) groups is 1. The maximum Gasteiger partial charge on any atom is 0.191 e. The molecule has 27 heavy (non-hydrogen) atoms. The van der Waals surface area contributed by atoms with E-state index in [2.05, 4.69) is 22.5 Å². The fourth-order valence-corrected chi connectivity index (χ4v) is 3.88. The molecule has 2 aliphatic rings. The molecule has 0 aromatic heterocycles. The predicted octanol–water partition coefficient (Wildman–Crippen LogP) is 3.05. The quantitative estimate of drug-likeness (QED) is 0.550. The van der Waals surface area contributed by atoms with E-state index in [0.29, 0.717) is 12.1 Å². The first-order valence-electron chi connectivity index (χ1n) is 9.94. The van der Waals surface area contributed by atoms with Crippen LogP contribution in [0, 0.1) is 0 Å². The molecular weight excluding hydrogens is 364 g/mol. The minimum absolute atomic E-state index is 0.342. The van der Waals surface area contributed by atoms with Crippen LogP contribution in [0.3, 0.4) is 0 Å². The van der Waals surface area contributed by atoms with Gasteiger partial charge in [-0.3, -0.25) is 4.99 Å². The summed E-state index contributed by atoms with van der Waals surface area (Å²) in [6, 6.07) is 6.10. The number of halogens is 1. The van der Waals surface area contributed by atoms with E-state index in [1.54, 1.807) is 7.11 Å². The molecule has 0 aliphatic carbocycles. The Morgan fingerprint density at radius 1 is 1.41 bits per heavy atom. The van der Waals surface area contributed by atoms with Crippen molar-refractivity contribution in [3.63, 3.8) is 0 Å². The summed E-state index contributed by atoms with van der Waals surface area (Å²) in [5.74, 6) is 1.75. The Balaban J connectivity index is 1.55. The monoisotopic (exact) mass is 394 g/mol. The van der Waals surface area contributed by atoms with Crippen molar-refractivity contribution in [3.8, 4) is 5.75 Å². The van der Waals surface area contributed by atoms with Gasteiger partial charge in [0.1, 0.15) is 5.75 Å². The first-order chi connectivity index (χ1) is 13.2. The molecule has 0 amide bonds. The maximum atomic E-state index is 6.19. The van der Waals surface area contributed by atoms with Gasteiger partial charge in [0.15, 0.2) is 5.96 Å². The first-order valence-corrected chi connectivity index (χ1v) is 10.3. The van der Waals surface area contributed by atoms with Crippen molar-refractivity contribution < 1.29 is 9.47 Å². The van der Waals surface area contributed by atoms with Crippen molar-refractivity contribution in [1.82, 2.24) is 10.6 Å². The molecule has 2 saturated heterocycles. The van der Waals surface area contributed by atoms with E-state index in [-0.39, 0.29) is 0 Å². The third kappa shape index (κ3) is 5.66. The van der Waals surface area contributed by atoms with Gasteiger partial charge in [0.25, 0.3) is 0 Å². The third-order valence-corrected chi connectivity index (χ3v) is 5.33. The van der Waals surface area contributed by atoms with E-state index in [0.717, 1.165) is 68.0 Å². The average molecular weight is 395 g/mol. The SMILES string of the molecule is CCNC(=NCCC1CCCO1)NC1CCN(c2cc(Cl)ccc2OC)C1. The Kier molecular flexibility index (Phi) is 7.47. The van der Waals surface area contributed by atoms with Gasteiger partial charge < -0.3 is 25.0 Å². The molecule has 1 aromatic carbocycles. The largest absolute Gasteiger partial charge is 0.495 e. The molecule has 2 N–H and O–H groups in total. The van der Waals surface area contributed by atoms with Crippen LogP contribution in [-0.4, -0.2) is 58.0 Å². The minimum Gasteiger partial charge on any atom is -0.495 e. The van der Waals surface area contributed by atoms with E-state index < -0.39 is 0 Å². The lowest BCUT2D eigenvalue weighted by molar-refractivity contribution is 0.106. The van der Waals surface area contributed by atoms with Gasteiger partial charge in [-0.1, -0.05) is 11.6 Å². The molecule has 2 aliphatic heterocycles. The van der Waals surface area contributed by atoms with Crippen molar-refractivity contribution in [2.24, 2.45) is 4.99 Å². The first kappa shape index (κ1) is 20.1. The lowest BCUT2D eigenvalue weighted by Crippen LogP contribution is -2.44. The van der Waals surface area contributed by atoms with Gasteiger partial charge in [-0.05, 0) is 50.8 Å². The zero-order valence-electron chi connectivity index (χ0n) is 16.3. The molecule has 2 fully saturated rings. The van der Waals surface area contributed by atoms with Crippen molar-refractivity contribution in [1.29, 1.82) is 0 Å². The van der Waals surface area contributed by atoms with Gasteiger partial charge in [0.2, 0.25) is 0 Å². The molecule has 6 nitrogen and oxygen atoms in total. The fraction of sp³-hybridized carbons (Fsp3) is 0.650. The van der Waals surface area contributed by atoms with Crippen molar-refractivity contribution in [2.45, 2.75) is 44.8 Å². The summed E-state index contributed by atoms with van der Waals surface area (Å²) >= 11 is 6.19. The van der Waals surface area contributed by atoms with Gasteiger partial charge in [-0.25, -0.2) is 0 Å². The molecule has 2 heterocycles. The number of nitrogens with zero attached hydrogens (tertiary/aromatic N) is 2. The summed E-state index contributed by atoms with van der Waals surface area (Å²) in [6.45, 7) is 6.49. The molecule has 0 radical (unpaired) electrons. The summed E-state index contributed by atoms with van der Waals surface area (Å²) < 4.78 is 11.2. The number of ether oxygens (including phenoxy) is 2. The van der Waals surface area contributed by atoms with Crippen LogP contribution in [0.4, 0.5) is 5.69 Å². The van der Waals surface area contributed by atoms with Crippen LogP contribution < -0.4 is 20.3 Å². The second-order valence-electron chi connectivity index (χ2n) is 7.08. The summed E-state index contributed by atoms with van der Waals surface area (Å²) in [4.78, 5) is 7.05. The summed E-state index contributed by atoms with van der Waals surface area (Å²) in [5.41, 5.74) is 1.05. The van der Waals surface area contributed by atoms with Gasteiger partial charge in [0.05, 0.1) is 18.9 Å². The normalized spacial score (nSPS) is 22.9. The standard InChI is InChI=1S/C20H31ClN4O2/c1-3-22-20(23-10-8-17-5-4-12-27-17)24-16-9-11-25(14-16)18-13-15(21)6-7-19(18)26-2/h6-7,13,16-17H,3-5,8-12,14H2,1-2H3,(H2,22,23,24). The molecule has 2 unspecified atom stereocenters. The zero-order valence-corrected chi connectivity index (χ0v) is 17.1. The number of benzene rings is 1. The number of hydrogen-bond acceptors (Lipinski definition) is 4. The van der Waals surface area contributed by atoms with E-state index in [1.807, 2.05) is 18.2 Å². The van der Waals surface area contributed by atoms with Crippen LogP contribution in [-0.2, 0) is 4.74 Å². The van der Waals surface area contributed by atoms with Crippen LogP contribution in [0.15, 0.2) is 23.2 Å². The van der Waals surface area contributed by atoms with Crippen LogP contribution >= 0.6 is 11.6 Å². The summed E-state index contributed by atoms with van der Waals surface area (Å²) in [6.07, 6.45) is 4.77. The van der Waals surface area contributed by atoms with Crippen LogP contribution in [0.25, 0.3) is 0 Å². The number of methoxy groups -OCH3 is 1. The van der Waals surface area contributed by atoms with E-state index in [1.165, 1.54) is 12.8 Å². The smallest absolute Gasteiger partial charge is 0.191 e. The molecule has 3 rings (SSSR count). The highest BCUT2D eigenvalue weighted by atomic mass is 35.5. The highest BCUT2D eigenvalue weighted by molar-refractivity contribution is 6.30. The molecular formula is C20H31ClN4O2. The Hall–Kier alpha value is -1.66. The van der Waals surface area contributed by atoms with Gasteiger partial charge in [-0.2, -0.15) is 0 Å². The van der Waals surface area contributed by atoms with Gasteiger partial charge >= 0.3 is 0 Å². The number of rotatable bonds is 7. The summed E-state index contributed by atoms with van der Waals surface area (Å²) in [7, 11) is 1.70. The van der Waals surface area contributed by atoms with Crippen molar-refractivity contribution >= 4 is 23.2 Å². The second-order valence-corrected chi connectivity index (χ2v) is 7.51. The number of guanidine groups is 1. The Morgan fingerprint density at radius 2 is 2.30 bits per heavy atom. The van der Waals surface area contributed by atoms with Crippen molar-refractivity contribution in [2.75, 3.05) is 44.8 Å². The highest BCUT2D eigenvalue weighted by Gasteiger charge is 2.25. The minimum atomic E-state index is 0.342. The Morgan fingerprint density at radius 3 is 3.04 bits per heavy atom. The van der Waals surface area contributed by atoms with Crippen LogP contribution in [0.5, 0.6) is 5.75 Å². The molecule has 150 valence electrons. The third-order valence-electron chi connectivity index (χ3n) is 5.10. The molecule has 1 aromatic rings. The van der Waals surface area contributed by atoms with Crippen molar-refractivity contribution in [3.05, 3.63) is 23.2 Å². The molecule has 0 spiro atoms. The molecule has 0 saturated carbocycles. The predicted molar refractivity (Wildman–Crippen MR) is 111 cm³/mol. The number of hydrogen-bond donors (Lipinski definition) is 2. The van der Waals surface area contributed by atoms with Crippen LogP contribution in [0.2, 0.25) is 5.02 Å². The molecule has 0 bridgehead atoms. The zero-order chi connectivity index (χ0) is 19.1. The fourth-order valence-electron chi connectivity index (χ4n) is 3.71. The van der Waals surface area contributed by atoms with E-state index >= 15 is 0 Å². The number of anilines is 1. The molecule has 7 heteroatoms. The lowest BCUT2D eigenvalue weighted by atomic mass is 10.2. The number of nitrogens with one attached hydrogen (secondary N) is 2. The van der Waals surface area contributed by atoms with Gasteiger partial charge in [0, 0.05) is 43.9 Å². The maximum absolute atomic E-state index is 6.19. The van der Waals surface area contributed by atoms with Gasteiger partial charge in [-0.15, -0.1) is 0 Å². The van der Waals surface area contributed by atoms with Crippen LogP contribution in [0.1, 0.15) is 32.6 Å². The second kappa shape index (κ2) is 10.0. The summed E-state index contributed by atoms with van der Waals surface area (Å²) in [5, 5.41) is 7.66. The van der Waals surface area contributed by atoms with E-state index in [4.69, 9.17) is 26.1 Å². The Labute approximate surface area is 167 Å². The lowest BCUT2D eigenvalue weighted by Gasteiger charge is -2.22. The Bertz CT molecular complexity index is 634. The molecule has 2 atom stereocenters.